The SMILES string of the molecule is CCCC1CC[C@@H]2C[C@H](c3ccc(-c4cc(F)c(C5=NC(C)(C)CO5)c(F)c4)c(F)c3)CC[C@@H]2C1. The Balaban J connectivity index is 1.33. The molecule has 0 bridgehead atoms. The molecular weight excluding hydrogens is 447 g/mol. The number of ether oxygens (including phenoxy) is 1. The Labute approximate surface area is 207 Å². The van der Waals surface area contributed by atoms with Crippen LogP contribution < -0.4 is 0 Å². The molecular formula is C30H36F3NO. The Morgan fingerprint density at radius 2 is 1.63 bits per heavy atom. The number of benzene rings is 2. The van der Waals surface area contributed by atoms with Crippen molar-refractivity contribution in [3.05, 3.63) is 58.9 Å². The molecule has 1 heterocycles. The average Bonchev–Trinajstić information content (AvgIpc) is 3.17. The van der Waals surface area contributed by atoms with E-state index in [0.29, 0.717) is 5.92 Å². The van der Waals surface area contributed by atoms with Crippen LogP contribution in [0.2, 0.25) is 0 Å². The van der Waals surface area contributed by atoms with Crippen molar-refractivity contribution in [2.75, 3.05) is 6.61 Å². The topological polar surface area (TPSA) is 21.6 Å². The quantitative estimate of drug-likeness (QED) is 0.418. The summed E-state index contributed by atoms with van der Waals surface area (Å²) in [6, 6.07) is 7.55. The van der Waals surface area contributed by atoms with Crippen LogP contribution in [0.5, 0.6) is 0 Å². The molecule has 2 nitrogen and oxygen atoms in total. The van der Waals surface area contributed by atoms with Gasteiger partial charge in [-0.15, -0.1) is 0 Å². The Hall–Kier alpha value is -2.30. The zero-order chi connectivity index (χ0) is 24.7. The molecule has 5 heteroatoms. The standard InChI is InChI=1S/C30H36F3NO/c1-4-5-18-6-7-20-13-21(9-8-19(20)12-18)22-10-11-24(25(31)14-22)23-15-26(32)28(27(33)16-23)29-34-30(2,3)17-35-29/h10-11,14-16,18-21H,4-9,12-13,17H2,1-3H3/t18?,19-,20-,21-/m1/s1. The summed E-state index contributed by atoms with van der Waals surface area (Å²) < 4.78 is 50.5. The van der Waals surface area contributed by atoms with Crippen molar-refractivity contribution in [3.8, 4) is 11.1 Å². The molecule has 2 aromatic carbocycles. The summed E-state index contributed by atoms with van der Waals surface area (Å²) in [7, 11) is 0. The van der Waals surface area contributed by atoms with Crippen LogP contribution >= 0.6 is 0 Å². The van der Waals surface area contributed by atoms with Crippen molar-refractivity contribution < 1.29 is 17.9 Å². The third kappa shape index (κ3) is 5.01. The summed E-state index contributed by atoms with van der Waals surface area (Å²) in [5, 5.41) is 0. The molecule has 2 aromatic rings. The first-order valence-electron chi connectivity index (χ1n) is 13.3. The maximum atomic E-state index is 15.2. The number of nitrogens with zero attached hydrogens (tertiary/aromatic N) is 1. The van der Waals surface area contributed by atoms with Crippen molar-refractivity contribution in [3.63, 3.8) is 0 Å². The van der Waals surface area contributed by atoms with E-state index in [1.54, 1.807) is 12.1 Å². The zero-order valence-corrected chi connectivity index (χ0v) is 21.0. The summed E-state index contributed by atoms with van der Waals surface area (Å²) in [5.74, 6) is 0.758. The summed E-state index contributed by atoms with van der Waals surface area (Å²) in [5.41, 5.74) is 0.587. The number of hydrogen-bond acceptors (Lipinski definition) is 2. The zero-order valence-electron chi connectivity index (χ0n) is 21.0. The minimum Gasteiger partial charge on any atom is -0.475 e. The lowest BCUT2D eigenvalue weighted by Crippen LogP contribution is -2.30. The van der Waals surface area contributed by atoms with Gasteiger partial charge in [-0.05, 0) is 98.9 Å². The fourth-order valence-corrected chi connectivity index (χ4v) is 6.62. The maximum Gasteiger partial charge on any atom is 0.222 e. The number of fused-ring (bicyclic) bond motifs is 1. The van der Waals surface area contributed by atoms with Crippen LogP contribution in [0.3, 0.4) is 0 Å². The number of hydrogen-bond donors (Lipinski definition) is 0. The highest BCUT2D eigenvalue weighted by molar-refractivity contribution is 5.96. The molecule has 0 spiro atoms. The molecule has 35 heavy (non-hydrogen) atoms. The molecule has 0 N–H and O–H groups in total. The Kier molecular flexibility index (Phi) is 6.71. The highest BCUT2D eigenvalue weighted by Gasteiger charge is 2.36. The predicted molar refractivity (Wildman–Crippen MR) is 134 cm³/mol. The highest BCUT2D eigenvalue weighted by atomic mass is 19.1. The third-order valence-electron chi connectivity index (χ3n) is 8.42. The summed E-state index contributed by atoms with van der Waals surface area (Å²) in [4.78, 5) is 4.28. The van der Waals surface area contributed by atoms with Crippen LogP contribution in [-0.2, 0) is 4.74 Å². The summed E-state index contributed by atoms with van der Waals surface area (Å²) in [6.07, 6.45) is 10.0. The molecule has 0 aromatic heterocycles. The first-order valence-corrected chi connectivity index (χ1v) is 13.3. The van der Waals surface area contributed by atoms with Crippen molar-refractivity contribution in [1.29, 1.82) is 0 Å². The molecule has 188 valence electrons. The fourth-order valence-electron chi connectivity index (χ4n) is 6.62. The van der Waals surface area contributed by atoms with Crippen LogP contribution in [0.15, 0.2) is 35.3 Å². The van der Waals surface area contributed by atoms with Gasteiger partial charge in [-0.25, -0.2) is 18.2 Å². The molecule has 1 aliphatic heterocycles. The van der Waals surface area contributed by atoms with Gasteiger partial charge in [0.15, 0.2) is 0 Å². The van der Waals surface area contributed by atoms with Gasteiger partial charge < -0.3 is 4.74 Å². The first kappa shape index (κ1) is 24.4. The fraction of sp³-hybridized carbons (Fsp3) is 0.567. The molecule has 4 atom stereocenters. The van der Waals surface area contributed by atoms with E-state index in [9.17, 15) is 8.78 Å². The van der Waals surface area contributed by atoms with Gasteiger partial charge in [0.05, 0.1) is 5.54 Å². The molecule has 2 saturated carbocycles. The lowest BCUT2D eigenvalue weighted by Gasteiger charge is -2.42. The van der Waals surface area contributed by atoms with E-state index in [-0.39, 0.29) is 29.2 Å². The van der Waals surface area contributed by atoms with E-state index in [4.69, 9.17) is 4.74 Å². The average molecular weight is 484 g/mol. The summed E-state index contributed by atoms with van der Waals surface area (Å²) in [6.45, 7) is 6.22. The van der Waals surface area contributed by atoms with Gasteiger partial charge in [-0.1, -0.05) is 38.3 Å². The van der Waals surface area contributed by atoms with E-state index >= 15 is 4.39 Å². The van der Waals surface area contributed by atoms with Crippen molar-refractivity contribution >= 4 is 5.90 Å². The molecule has 1 unspecified atom stereocenters. The molecule has 0 radical (unpaired) electrons. The molecule has 0 amide bonds. The summed E-state index contributed by atoms with van der Waals surface area (Å²) >= 11 is 0. The van der Waals surface area contributed by atoms with Crippen LogP contribution in [0.1, 0.15) is 89.2 Å². The Bertz CT molecular complexity index is 1100. The number of rotatable bonds is 5. The van der Waals surface area contributed by atoms with Crippen LogP contribution in [0.25, 0.3) is 11.1 Å². The minimum atomic E-state index is -0.795. The first-order chi connectivity index (χ1) is 16.7. The van der Waals surface area contributed by atoms with E-state index in [1.165, 1.54) is 50.7 Å². The van der Waals surface area contributed by atoms with Gasteiger partial charge in [0.2, 0.25) is 5.90 Å². The normalized spacial score (nSPS) is 27.8. The largest absolute Gasteiger partial charge is 0.475 e. The third-order valence-corrected chi connectivity index (χ3v) is 8.42. The number of aliphatic imine (C=N–C) groups is 1. The van der Waals surface area contributed by atoms with E-state index in [1.807, 2.05) is 19.9 Å². The molecule has 2 aliphatic carbocycles. The van der Waals surface area contributed by atoms with Gasteiger partial charge in [0, 0.05) is 5.56 Å². The molecule has 2 fully saturated rings. The predicted octanol–water partition coefficient (Wildman–Crippen LogP) is 8.43. The lowest BCUT2D eigenvalue weighted by molar-refractivity contribution is 0.114. The maximum absolute atomic E-state index is 15.2. The second-order valence-corrected chi connectivity index (χ2v) is 11.6. The van der Waals surface area contributed by atoms with Crippen molar-refractivity contribution in [2.45, 2.75) is 83.6 Å². The van der Waals surface area contributed by atoms with Crippen molar-refractivity contribution in [2.24, 2.45) is 22.7 Å². The monoisotopic (exact) mass is 483 g/mol. The van der Waals surface area contributed by atoms with Gasteiger partial charge in [-0.2, -0.15) is 0 Å². The minimum absolute atomic E-state index is 0.0355. The Morgan fingerprint density at radius 3 is 2.29 bits per heavy atom. The van der Waals surface area contributed by atoms with E-state index in [2.05, 4.69) is 11.9 Å². The molecule has 5 rings (SSSR count). The van der Waals surface area contributed by atoms with Crippen LogP contribution in [0.4, 0.5) is 13.2 Å². The molecule has 0 saturated heterocycles. The Morgan fingerprint density at radius 1 is 0.914 bits per heavy atom. The van der Waals surface area contributed by atoms with Gasteiger partial charge in [0.25, 0.3) is 0 Å². The number of halogens is 3. The van der Waals surface area contributed by atoms with E-state index < -0.39 is 23.0 Å². The van der Waals surface area contributed by atoms with Gasteiger partial charge in [0.1, 0.15) is 29.6 Å². The second-order valence-electron chi connectivity index (χ2n) is 11.6. The van der Waals surface area contributed by atoms with Crippen molar-refractivity contribution in [1.82, 2.24) is 0 Å². The van der Waals surface area contributed by atoms with Crippen LogP contribution in [-0.4, -0.2) is 18.0 Å². The second kappa shape index (κ2) is 9.63. The van der Waals surface area contributed by atoms with Gasteiger partial charge in [-0.3, -0.25) is 0 Å². The molecule has 3 aliphatic rings. The van der Waals surface area contributed by atoms with Crippen LogP contribution in [0, 0.1) is 35.2 Å². The van der Waals surface area contributed by atoms with E-state index in [0.717, 1.165) is 36.2 Å². The highest BCUT2D eigenvalue weighted by Crippen LogP contribution is 2.48. The lowest BCUT2D eigenvalue weighted by atomic mass is 9.63. The smallest absolute Gasteiger partial charge is 0.222 e. The van der Waals surface area contributed by atoms with Gasteiger partial charge >= 0.3 is 0 Å².